The van der Waals surface area contributed by atoms with Crippen molar-refractivity contribution in [2.75, 3.05) is 25.4 Å². The number of likely N-dealkylation sites (tertiary alicyclic amines) is 1. The lowest BCUT2D eigenvalue weighted by Gasteiger charge is -2.26. The normalized spacial score (nSPS) is 14.5. The predicted octanol–water partition coefficient (Wildman–Crippen LogP) is 6.78. The van der Waals surface area contributed by atoms with E-state index in [9.17, 15) is 0 Å². The first-order chi connectivity index (χ1) is 15.9. The zero-order chi connectivity index (χ0) is 21.6. The quantitative estimate of drug-likeness (QED) is 0.296. The van der Waals surface area contributed by atoms with E-state index in [2.05, 4.69) is 100 Å². The zero-order valence-electron chi connectivity index (χ0n) is 18.4. The van der Waals surface area contributed by atoms with Crippen molar-refractivity contribution in [3.63, 3.8) is 0 Å². The van der Waals surface area contributed by atoms with Crippen LogP contribution in [0.25, 0.3) is 28.2 Å². The molecule has 1 aliphatic rings. The van der Waals surface area contributed by atoms with Crippen LogP contribution in [0, 0.1) is 0 Å². The van der Waals surface area contributed by atoms with E-state index in [1.165, 1.54) is 37.9 Å². The van der Waals surface area contributed by atoms with Gasteiger partial charge in [-0.15, -0.1) is 0 Å². The lowest BCUT2D eigenvalue weighted by Crippen LogP contribution is -2.31. The first-order valence-corrected chi connectivity index (χ1v) is 12.5. The minimum atomic E-state index is 1.04. The van der Waals surface area contributed by atoms with Crippen LogP contribution >= 0.6 is 11.8 Å². The summed E-state index contributed by atoms with van der Waals surface area (Å²) < 4.78 is 2.35. The van der Waals surface area contributed by atoms with E-state index in [1.54, 1.807) is 0 Å². The zero-order valence-corrected chi connectivity index (χ0v) is 19.2. The van der Waals surface area contributed by atoms with Crippen molar-refractivity contribution >= 4 is 11.8 Å². The van der Waals surface area contributed by atoms with Crippen molar-refractivity contribution in [2.45, 2.75) is 24.4 Å². The molecule has 0 spiro atoms. The molecule has 1 aromatic heterocycles. The van der Waals surface area contributed by atoms with E-state index >= 15 is 0 Å². The van der Waals surface area contributed by atoms with Crippen molar-refractivity contribution in [2.24, 2.45) is 0 Å². The number of imidazole rings is 1. The minimum Gasteiger partial charge on any atom is -0.303 e. The average Bonchev–Trinajstić information content (AvgIpc) is 3.26. The van der Waals surface area contributed by atoms with Crippen LogP contribution < -0.4 is 0 Å². The average molecular weight is 440 g/mol. The molecule has 0 unspecified atom stereocenters. The molecular weight excluding hydrogens is 410 g/mol. The fourth-order valence-corrected chi connectivity index (χ4v) is 5.44. The molecule has 162 valence electrons. The molecule has 3 nitrogen and oxygen atoms in total. The molecule has 1 aliphatic heterocycles. The predicted molar refractivity (Wildman–Crippen MR) is 135 cm³/mol. The number of hydrogen-bond acceptors (Lipinski definition) is 3. The molecule has 4 heteroatoms. The first kappa shape index (κ1) is 21.0. The third kappa shape index (κ3) is 4.67. The number of piperidine rings is 1. The maximum Gasteiger partial charge on any atom is 0.173 e. The molecule has 0 N–H and O–H groups in total. The molecule has 5 rings (SSSR count). The summed E-state index contributed by atoms with van der Waals surface area (Å²) in [6.45, 7) is 3.59. The van der Waals surface area contributed by atoms with Crippen LogP contribution in [-0.2, 0) is 0 Å². The van der Waals surface area contributed by atoms with E-state index in [0.717, 1.165) is 40.1 Å². The Balaban J connectivity index is 1.58. The third-order valence-electron chi connectivity index (χ3n) is 6.04. The molecule has 3 aromatic carbocycles. The van der Waals surface area contributed by atoms with Crippen LogP contribution in [0.4, 0.5) is 0 Å². The number of aromatic nitrogens is 2. The van der Waals surface area contributed by atoms with Gasteiger partial charge in [0.15, 0.2) is 5.16 Å². The van der Waals surface area contributed by atoms with Crippen LogP contribution in [0.5, 0.6) is 0 Å². The van der Waals surface area contributed by atoms with Crippen LogP contribution in [0.1, 0.15) is 19.3 Å². The lowest BCUT2D eigenvalue weighted by molar-refractivity contribution is 0.242. The van der Waals surface area contributed by atoms with Gasteiger partial charge in [-0.3, -0.25) is 4.57 Å². The number of thioether (sulfide) groups is 1. The topological polar surface area (TPSA) is 21.1 Å². The molecule has 0 radical (unpaired) electrons. The number of hydrogen-bond donors (Lipinski definition) is 0. The largest absolute Gasteiger partial charge is 0.303 e. The summed E-state index contributed by atoms with van der Waals surface area (Å²) in [5.74, 6) is 1.05. The van der Waals surface area contributed by atoms with Crippen molar-refractivity contribution in [1.82, 2.24) is 14.5 Å². The Morgan fingerprint density at radius 3 is 1.94 bits per heavy atom. The number of rotatable bonds is 7. The van der Waals surface area contributed by atoms with Gasteiger partial charge in [0.1, 0.15) is 0 Å². The van der Waals surface area contributed by atoms with Crippen LogP contribution in [-0.4, -0.2) is 39.8 Å². The summed E-state index contributed by atoms with van der Waals surface area (Å²) in [4.78, 5) is 7.82. The maximum atomic E-state index is 5.22. The molecule has 4 aromatic rings. The summed E-state index contributed by atoms with van der Waals surface area (Å²) in [6, 6.07) is 31.9. The summed E-state index contributed by atoms with van der Waals surface area (Å²) in [6.07, 6.45) is 4.04. The fraction of sp³-hybridized carbons (Fsp3) is 0.250. The van der Waals surface area contributed by atoms with Gasteiger partial charge < -0.3 is 4.90 Å². The summed E-state index contributed by atoms with van der Waals surface area (Å²) in [5.41, 5.74) is 5.69. The van der Waals surface area contributed by atoms with Crippen LogP contribution in [0.15, 0.2) is 96.2 Å². The van der Waals surface area contributed by atoms with E-state index in [-0.39, 0.29) is 0 Å². The molecule has 1 fully saturated rings. The Kier molecular flexibility index (Phi) is 6.71. The number of nitrogens with zero attached hydrogens (tertiary/aromatic N) is 3. The van der Waals surface area contributed by atoms with E-state index in [4.69, 9.17) is 4.98 Å². The third-order valence-corrected chi connectivity index (χ3v) is 6.96. The monoisotopic (exact) mass is 439 g/mol. The second-order valence-electron chi connectivity index (χ2n) is 8.25. The smallest absolute Gasteiger partial charge is 0.173 e. The molecular formula is C28H29N3S. The molecule has 32 heavy (non-hydrogen) atoms. The number of benzene rings is 3. The summed E-state index contributed by atoms with van der Waals surface area (Å²) in [5, 5.41) is 1.06. The SMILES string of the molecule is c1ccc(-c2nc(SCCN3CCCCC3)n(-c3ccccc3)c2-c2ccccc2)cc1. The van der Waals surface area contributed by atoms with Gasteiger partial charge in [-0.25, -0.2) is 4.98 Å². The Bertz CT molecular complexity index is 1120. The molecule has 0 saturated carbocycles. The highest BCUT2D eigenvalue weighted by Crippen LogP contribution is 2.38. The molecule has 0 aliphatic carbocycles. The van der Waals surface area contributed by atoms with Gasteiger partial charge in [0.25, 0.3) is 0 Å². The van der Waals surface area contributed by atoms with Crippen LogP contribution in [0.3, 0.4) is 0 Å². The lowest BCUT2D eigenvalue weighted by atomic mass is 10.0. The highest BCUT2D eigenvalue weighted by molar-refractivity contribution is 7.99. The fourth-order valence-electron chi connectivity index (χ4n) is 4.42. The highest BCUT2D eigenvalue weighted by atomic mass is 32.2. The molecule has 0 amide bonds. The van der Waals surface area contributed by atoms with Gasteiger partial charge >= 0.3 is 0 Å². The van der Waals surface area contributed by atoms with Crippen LogP contribution in [0.2, 0.25) is 0 Å². The van der Waals surface area contributed by atoms with Gasteiger partial charge in [0.2, 0.25) is 0 Å². The second kappa shape index (κ2) is 10.2. The minimum absolute atomic E-state index is 1.04. The second-order valence-corrected chi connectivity index (χ2v) is 9.31. The molecule has 0 bridgehead atoms. The standard InChI is InChI=1S/C28H29N3S/c1-5-13-23(14-6-1)26-27(24-15-7-2-8-16-24)31(25-17-9-3-10-18-25)28(29-26)32-22-21-30-19-11-4-12-20-30/h1-3,5-10,13-18H,4,11-12,19-22H2. The molecule has 1 saturated heterocycles. The number of para-hydroxylation sites is 1. The van der Waals surface area contributed by atoms with E-state index in [0.29, 0.717) is 0 Å². The molecule has 2 heterocycles. The Labute approximate surface area is 195 Å². The highest BCUT2D eigenvalue weighted by Gasteiger charge is 2.21. The summed E-state index contributed by atoms with van der Waals surface area (Å²) >= 11 is 1.87. The maximum absolute atomic E-state index is 5.22. The first-order valence-electron chi connectivity index (χ1n) is 11.5. The van der Waals surface area contributed by atoms with Gasteiger partial charge in [0.05, 0.1) is 11.4 Å². The summed E-state index contributed by atoms with van der Waals surface area (Å²) in [7, 11) is 0. The van der Waals surface area contributed by atoms with Crippen molar-refractivity contribution in [3.8, 4) is 28.2 Å². The van der Waals surface area contributed by atoms with Crippen molar-refractivity contribution < 1.29 is 0 Å². The Hall–Kier alpha value is -2.82. The Morgan fingerprint density at radius 1 is 0.688 bits per heavy atom. The van der Waals surface area contributed by atoms with Gasteiger partial charge in [-0.1, -0.05) is 97.0 Å². The molecule has 0 atom stereocenters. The van der Waals surface area contributed by atoms with Crippen molar-refractivity contribution in [3.05, 3.63) is 91.0 Å². The van der Waals surface area contributed by atoms with Crippen molar-refractivity contribution in [1.29, 1.82) is 0 Å². The van der Waals surface area contributed by atoms with E-state index in [1.807, 2.05) is 11.8 Å². The Morgan fingerprint density at radius 2 is 1.28 bits per heavy atom. The van der Waals surface area contributed by atoms with E-state index < -0.39 is 0 Å². The van der Waals surface area contributed by atoms with Gasteiger partial charge in [0, 0.05) is 29.1 Å². The van der Waals surface area contributed by atoms with Gasteiger partial charge in [-0.05, 0) is 38.1 Å². The van der Waals surface area contributed by atoms with Gasteiger partial charge in [-0.2, -0.15) is 0 Å².